The smallest absolute Gasteiger partial charge is 0.373 e. The third-order valence-electron chi connectivity index (χ3n) is 4.85. The van der Waals surface area contributed by atoms with Crippen molar-refractivity contribution in [2.24, 2.45) is 5.92 Å². The number of carbonyl (C=O) groups excluding carboxylic acids is 1. The summed E-state index contributed by atoms with van der Waals surface area (Å²) in [5.74, 6) is -0.287. The van der Waals surface area contributed by atoms with Crippen LogP contribution in [0.2, 0.25) is 0 Å². The van der Waals surface area contributed by atoms with Gasteiger partial charge in [-0.2, -0.15) is 13.2 Å². The first-order chi connectivity index (χ1) is 13.5. The van der Waals surface area contributed by atoms with Crippen LogP contribution in [0.25, 0.3) is 0 Å². The molecule has 1 amide bonds. The zero-order valence-electron chi connectivity index (χ0n) is 17.4. The second-order valence-electron chi connectivity index (χ2n) is 8.04. The Bertz CT molecular complexity index is 752. The van der Waals surface area contributed by atoms with Crippen molar-refractivity contribution < 1.29 is 22.7 Å². The van der Waals surface area contributed by atoms with Crippen LogP contribution in [0, 0.1) is 5.92 Å². The molecule has 0 spiro atoms. The lowest BCUT2D eigenvalue weighted by molar-refractivity contribution is -0.144. The molecule has 2 atom stereocenters. The molecule has 2 heterocycles. The molecule has 1 aliphatic rings. The highest BCUT2D eigenvalue weighted by atomic mass is 19.4. The number of nitrogens with one attached hydrogen (secondary N) is 1. The molecule has 6 nitrogen and oxygen atoms in total. The van der Waals surface area contributed by atoms with Gasteiger partial charge in [0.25, 0.3) is 11.5 Å². The van der Waals surface area contributed by atoms with Gasteiger partial charge in [-0.1, -0.05) is 13.8 Å². The summed E-state index contributed by atoms with van der Waals surface area (Å²) in [5, 5.41) is 2.61. The van der Waals surface area contributed by atoms with E-state index in [1.807, 2.05) is 32.6 Å². The second kappa shape index (κ2) is 9.75. The van der Waals surface area contributed by atoms with E-state index >= 15 is 0 Å². The summed E-state index contributed by atoms with van der Waals surface area (Å²) in [6.45, 7) is 9.41. The molecule has 1 aliphatic heterocycles. The summed E-state index contributed by atoms with van der Waals surface area (Å²) >= 11 is 0. The standard InChI is InChI=1S/C20H30F3N3O3/c1-13(2)7-8-24-18(27)16-5-6-17(20(21,22)23)26(19(16)28)10-9-25-11-14(3)29-15(4)12-25/h5-6,13-15H,7-12H2,1-4H3,(H,24,27)/t14-,15+. The van der Waals surface area contributed by atoms with Crippen LogP contribution >= 0.6 is 0 Å². The summed E-state index contributed by atoms with van der Waals surface area (Å²) in [6.07, 6.45) is -4.03. The number of ether oxygens (including phenoxy) is 1. The van der Waals surface area contributed by atoms with E-state index < -0.39 is 23.3 Å². The van der Waals surface area contributed by atoms with E-state index in [0.29, 0.717) is 36.5 Å². The first-order valence-corrected chi connectivity index (χ1v) is 9.96. The van der Waals surface area contributed by atoms with Crippen LogP contribution in [0.4, 0.5) is 13.2 Å². The normalized spacial score (nSPS) is 20.8. The first-order valence-electron chi connectivity index (χ1n) is 9.96. The van der Waals surface area contributed by atoms with Crippen LogP contribution in [0.5, 0.6) is 0 Å². The van der Waals surface area contributed by atoms with E-state index in [4.69, 9.17) is 4.74 Å². The lowest BCUT2D eigenvalue weighted by Gasteiger charge is -2.35. The maximum absolute atomic E-state index is 13.4. The Kier molecular flexibility index (Phi) is 7.87. The van der Waals surface area contributed by atoms with E-state index in [0.717, 1.165) is 12.1 Å². The largest absolute Gasteiger partial charge is 0.431 e. The molecular formula is C20H30F3N3O3. The fourth-order valence-electron chi connectivity index (χ4n) is 3.50. The van der Waals surface area contributed by atoms with Gasteiger partial charge < -0.3 is 14.6 Å². The van der Waals surface area contributed by atoms with Gasteiger partial charge in [-0.3, -0.25) is 14.5 Å². The number of hydrogen-bond donors (Lipinski definition) is 1. The minimum absolute atomic E-state index is 0.0318. The van der Waals surface area contributed by atoms with Crippen LogP contribution in [-0.2, 0) is 17.5 Å². The SMILES string of the molecule is CC(C)CCNC(=O)c1ccc(C(F)(F)F)n(CCN2C[C@@H](C)O[C@@H](C)C2)c1=O. The Morgan fingerprint density at radius 2 is 1.83 bits per heavy atom. The predicted octanol–water partition coefficient (Wildman–Crippen LogP) is 2.75. The highest BCUT2D eigenvalue weighted by molar-refractivity contribution is 5.93. The molecule has 1 N–H and O–H groups in total. The number of pyridine rings is 1. The van der Waals surface area contributed by atoms with Crippen LogP contribution in [0.15, 0.2) is 16.9 Å². The van der Waals surface area contributed by atoms with Gasteiger partial charge in [0.15, 0.2) is 0 Å². The van der Waals surface area contributed by atoms with Gasteiger partial charge in [-0.25, -0.2) is 0 Å². The number of rotatable bonds is 7. The van der Waals surface area contributed by atoms with Crippen LogP contribution in [0.1, 0.15) is 50.2 Å². The van der Waals surface area contributed by atoms with Crippen molar-refractivity contribution in [3.8, 4) is 0 Å². The molecule has 0 aromatic carbocycles. The van der Waals surface area contributed by atoms with Crippen LogP contribution in [-0.4, -0.2) is 53.8 Å². The highest BCUT2D eigenvalue weighted by Crippen LogP contribution is 2.28. The van der Waals surface area contributed by atoms with Crippen molar-refractivity contribution >= 4 is 5.91 Å². The maximum atomic E-state index is 13.4. The van der Waals surface area contributed by atoms with Crippen molar-refractivity contribution in [3.63, 3.8) is 0 Å². The number of amides is 1. The fraction of sp³-hybridized carbons (Fsp3) is 0.700. The molecule has 0 saturated carbocycles. The molecule has 1 fully saturated rings. The molecule has 164 valence electrons. The van der Waals surface area contributed by atoms with Gasteiger partial charge in [-0.05, 0) is 38.3 Å². The van der Waals surface area contributed by atoms with Gasteiger partial charge >= 0.3 is 6.18 Å². The van der Waals surface area contributed by atoms with Crippen LogP contribution in [0.3, 0.4) is 0 Å². The first kappa shape index (κ1) is 23.4. The quantitative estimate of drug-likeness (QED) is 0.741. The van der Waals surface area contributed by atoms with E-state index in [9.17, 15) is 22.8 Å². The van der Waals surface area contributed by atoms with Gasteiger partial charge in [0.2, 0.25) is 0 Å². The number of hydrogen-bond acceptors (Lipinski definition) is 4. The number of aromatic nitrogens is 1. The molecular weight excluding hydrogens is 387 g/mol. The number of nitrogens with zero attached hydrogens (tertiary/aromatic N) is 2. The second-order valence-corrected chi connectivity index (χ2v) is 8.04. The minimum atomic E-state index is -4.68. The van der Waals surface area contributed by atoms with Crippen molar-refractivity contribution in [2.75, 3.05) is 26.2 Å². The molecule has 0 unspecified atom stereocenters. The third-order valence-corrected chi connectivity index (χ3v) is 4.85. The highest BCUT2D eigenvalue weighted by Gasteiger charge is 2.35. The number of carbonyl (C=O) groups is 1. The monoisotopic (exact) mass is 417 g/mol. The molecule has 9 heteroatoms. The van der Waals surface area contributed by atoms with E-state index in [1.54, 1.807) is 0 Å². The van der Waals surface area contributed by atoms with Crippen LogP contribution < -0.4 is 10.9 Å². The molecule has 2 rings (SSSR count). The Labute approximate surface area is 169 Å². The van der Waals surface area contributed by atoms with E-state index in [1.165, 1.54) is 0 Å². The Balaban J connectivity index is 2.23. The predicted molar refractivity (Wildman–Crippen MR) is 104 cm³/mol. The Morgan fingerprint density at radius 1 is 1.21 bits per heavy atom. The fourth-order valence-corrected chi connectivity index (χ4v) is 3.50. The molecule has 0 bridgehead atoms. The maximum Gasteiger partial charge on any atom is 0.431 e. The molecule has 29 heavy (non-hydrogen) atoms. The van der Waals surface area contributed by atoms with Gasteiger partial charge in [0.1, 0.15) is 11.3 Å². The Morgan fingerprint density at radius 3 is 2.38 bits per heavy atom. The summed E-state index contributed by atoms with van der Waals surface area (Å²) in [6, 6.07) is 1.77. The van der Waals surface area contributed by atoms with Gasteiger partial charge in [0, 0.05) is 32.7 Å². The molecule has 1 saturated heterocycles. The zero-order chi connectivity index (χ0) is 21.8. The summed E-state index contributed by atoms with van der Waals surface area (Å²) in [5.41, 5.74) is -2.24. The average Bonchev–Trinajstić information content (AvgIpc) is 2.58. The molecule has 1 aromatic rings. The van der Waals surface area contributed by atoms with Crippen molar-refractivity contribution in [1.82, 2.24) is 14.8 Å². The van der Waals surface area contributed by atoms with Gasteiger partial charge in [-0.15, -0.1) is 0 Å². The number of alkyl halides is 3. The summed E-state index contributed by atoms with van der Waals surface area (Å²) < 4.78 is 46.6. The molecule has 0 radical (unpaired) electrons. The van der Waals surface area contributed by atoms with Crippen molar-refractivity contribution in [3.05, 3.63) is 33.7 Å². The topological polar surface area (TPSA) is 63.6 Å². The zero-order valence-corrected chi connectivity index (χ0v) is 17.4. The van der Waals surface area contributed by atoms with Crippen molar-refractivity contribution in [1.29, 1.82) is 0 Å². The van der Waals surface area contributed by atoms with E-state index in [-0.39, 0.29) is 30.9 Å². The molecule has 1 aromatic heterocycles. The summed E-state index contributed by atoms with van der Waals surface area (Å²) in [4.78, 5) is 27.0. The third kappa shape index (κ3) is 6.57. The van der Waals surface area contributed by atoms with E-state index in [2.05, 4.69) is 5.32 Å². The summed E-state index contributed by atoms with van der Waals surface area (Å²) in [7, 11) is 0. The lowest BCUT2D eigenvalue weighted by atomic mass is 10.1. The number of morpholine rings is 1. The number of halogens is 3. The average molecular weight is 417 g/mol. The lowest BCUT2D eigenvalue weighted by Crippen LogP contribution is -2.47. The molecule has 0 aliphatic carbocycles. The minimum Gasteiger partial charge on any atom is -0.373 e. The van der Waals surface area contributed by atoms with Gasteiger partial charge in [0.05, 0.1) is 12.2 Å². The van der Waals surface area contributed by atoms with Crippen molar-refractivity contribution in [2.45, 2.75) is 59.0 Å². The Hall–Kier alpha value is -1.87.